The van der Waals surface area contributed by atoms with E-state index in [0.717, 1.165) is 11.1 Å². The van der Waals surface area contributed by atoms with Crippen LogP contribution in [0.2, 0.25) is 10.0 Å². The fourth-order valence-corrected chi connectivity index (χ4v) is 8.33. The Balaban J connectivity index is 1.58. The highest BCUT2D eigenvalue weighted by molar-refractivity contribution is 6.31. The van der Waals surface area contributed by atoms with Crippen molar-refractivity contribution in [1.29, 1.82) is 0 Å². The quantitative estimate of drug-likeness (QED) is 0.226. The molecule has 0 aromatic heterocycles. The third-order valence-electron chi connectivity index (χ3n) is 9.55. The van der Waals surface area contributed by atoms with Crippen molar-refractivity contribution in [3.63, 3.8) is 0 Å². The molecule has 8 heteroatoms. The molecule has 1 spiro atoms. The van der Waals surface area contributed by atoms with Crippen LogP contribution < -0.4 is 5.32 Å². The van der Waals surface area contributed by atoms with Gasteiger partial charge in [0.05, 0.1) is 11.1 Å². The first-order valence-corrected chi connectivity index (χ1v) is 15.9. The Morgan fingerprint density at radius 3 is 2.20 bits per heavy atom. The van der Waals surface area contributed by atoms with Crippen LogP contribution in [0.25, 0.3) is 0 Å². The molecule has 4 aromatic rings. The number of halogens is 3. The van der Waals surface area contributed by atoms with Crippen molar-refractivity contribution in [2.24, 2.45) is 5.41 Å². The Morgan fingerprint density at radius 2 is 1.53 bits per heavy atom. The number of cyclic esters (lactones) is 1. The van der Waals surface area contributed by atoms with Gasteiger partial charge in [-0.25, -0.2) is 4.39 Å². The maximum Gasteiger partial charge on any atom is 0.324 e. The highest BCUT2D eigenvalue weighted by Crippen LogP contribution is 2.64. The number of nitrogens with one attached hydrogen (secondary N) is 1. The molecule has 0 saturated carbocycles. The van der Waals surface area contributed by atoms with Gasteiger partial charge in [0.1, 0.15) is 23.4 Å². The highest BCUT2D eigenvalue weighted by Gasteiger charge is 2.72. The minimum Gasteiger partial charge on any atom is -0.454 e. The molecule has 0 bridgehead atoms. The zero-order valence-electron chi connectivity index (χ0n) is 25.1. The summed E-state index contributed by atoms with van der Waals surface area (Å²) in [5.74, 6) is -2.42. The Bertz CT molecular complexity index is 1790. The topological polar surface area (TPSA) is 58.6 Å². The van der Waals surface area contributed by atoms with Gasteiger partial charge in [-0.05, 0) is 52.3 Å². The largest absolute Gasteiger partial charge is 0.454 e. The third kappa shape index (κ3) is 4.68. The van der Waals surface area contributed by atoms with E-state index in [2.05, 4.69) is 31.0 Å². The van der Waals surface area contributed by atoms with Gasteiger partial charge in [-0.15, -0.1) is 0 Å². The maximum absolute atomic E-state index is 16.3. The van der Waals surface area contributed by atoms with E-state index in [-0.39, 0.29) is 21.9 Å². The summed E-state index contributed by atoms with van der Waals surface area (Å²) in [6, 6.07) is 27.7. The molecular weight excluding hydrogens is 610 g/mol. The van der Waals surface area contributed by atoms with Crippen molar-refractivity contribution in [2.45, 2.75) is 62.8 Å². The first kappa shape index (κ1) is 30.0. The van der Waals surface area contributed by atoms with Crippen molar-refractivity contribution in [3.05, 3.63) is 135 Å². The molecule has 2 fully saturated rings. The smallest absolute Gasteiger partial charge is 0.324 e. The van der Waals surface area contributed by atoms with Gasteiger partial charge in [0.2, 0.25) is 5.91 Å². The molecule has 3 aliphatic rings. The predicted octanol–water partition coefficient (Wildman–Crippen LogP) is 8.63. The van der Waals surface area contributed by atoms with Gasteiger partial charge in [0.25, 0.3) is 0 Å². The van der Waals surface area contributed by atoms with Crippen molar-refractivity contribution in [1.82, 2.24) is 4.90 Å². The van der Waals surface area contributed by atoms with Gasteiger partial charge in [-0.3, -0.25) is 14.5 Å². The third-order valence-corrected chi connectivity index (χ3v) is 10.1. The lowest BCUT2D eigenvalue weighted by atomic mass is 9.62. The monoisotopic (exact) mass is 642 g/mol. The summed E-state index contributed by atoms with van der Waals surface area (Å²) in [7, 11) is 0. The number of carbonyl (C=O) groups excluding carboxylic acids is 2. The Kier molecular flexibility index (Phi) is 7.31. The van der Waals surface area contributed by atoms with Crippen LogP contribution >= 0.6 is 23.2 Å². The Morgan fingerprint density at radius 1 is 0.867 bits per heavy atom. The molecular formula is C37H33Cl2FN2O3. The van der Waals surface area contributed by atoms with E-state index in [4.69, 9.17) is 27.9 Å². The molecule has 2 saturated heterocycles. The van der Waals surface area contributed by atoms with Crippen LogP contribution in [0.4, 0.5) is 10.1 Å². The van der Waals surface area contributed by atoms with Gasteiger partial charge in [-0.2, -0.15) is 0 Å². The van der Waals surface area contributed by atoms with Crippen LogP contribution in [-0.2, 0) is 19.7 Å². The molecule has 0 unspecified atom stereocenters. The molecule has 4 aromatic carbocycles. The van der Waals surface area contributed by atoms with E-state index in [1.165, 1.54) is 6.07 Å². The van der Waals surface area contributed by atoms with E-state index in [1.54, 1.807) is 24.3 Å². The number of esters is 1. The second kappa shape index (κ2) is 11.0. The first-order chi connectivity index (χ1) is 21.5. The number of carbonyl (C=O) groups is 2. The van der Waals surface area contributed by atoms with Crippen LogP contribution in [0.5, 0.6) is 0 Å². The Labute approximate surface area is 272 Å². The number of morpholine rings is 1. The van der Waals surface area contributed by atoms with E-state index < -0.39 is 47.3 Å². The second-order valence-corrected chi connectivity index (χ2v) is 14.3. The number of benzene rings is 4. The summed E-state index contributed by atoms with van der Waals surface area (Å²) >= 11 is 12.8. The number of amides is 1. The van der Waals surface area contributed by atoms with Crippen LogP contribution in [0.1, 0.15) is 67.5 Å². The molecule has 1 amide bonds. The van der Waals surface area contributed by atoms with Gasteiger partial charge in [0, 0.05) is 22.7 Å². The van der Waals surface area contributed by atoms with Crippen LogP contribution in [-0.4, -0.2) is 28.9 Å². The van der Waals surface area contributed by atoms with E-state index in [9.17, 15) is 9.59 Å². The minimum absolute atomic E-state index is 0.0749. The predicted molar refractivity (Wildman–Crippen MR) is 174 cm³/mol. The minimum atomic E-state index is -1.37. The van der Waals surface area contributed by atoms with Gasteiger partial charge in [0.15, 0.2) is 0 Å². The fraction of sp³-hybridized carbons (Fsp3) is 0.297. The Hall–Kier alpha value is -3.71. The molecule has 0 radical (unpaired) electrons. The van der Waals surface area contributed by atoms with Crippen molar-refractivity contribution in [3.8, 4) is 0 Å². The first-order valence-electron chi connectivity index (χ1n) is 15.2. The lowest BCUT2D eigenvalue weighted by Crippen LogP contribution is -2.54. The zero-order chi connectivity index (χ0) is 31.7. The SMILES string of the molecule is CC(C)(C)C[C@H]1N2[C@H](c3ccccc3)[C@H](c3ccccc3)OC(=O)[C@H]2[C@H](c2cccc(Cl)c2F)[C@@]12C(=O)Nc1cc(Cl)ccc12. The van der Waals surface area contributed by atoms with Gasteiger partial charge in [-0.1, -0.05) is 123 Å². The van der Waals surface area contributed by atoms with Crippen LogP contribution in [0.15, 0.2) is 97.1 Å². The number of fused-ring (bicyclic) bond motifs is 3. The summed E-state index contributed by atoms with van der Waals surface area (Å²) in [5.41, 5.74) is 1.55. The number of hydrogen-bond acceptors (Lipinski definition) is 4. The van der Waals surface area contributed by atoms with Crippen molar-refractivity contribution in [2.75, 3.05) is 5.32 Å². The van der Waals surface area contributed by atoms with Crippen molar-refractivity contribution >= 4 is 40.8 Å². The number of anilines is 1. The summed E-state index contributed by atoms with van der Waals surface area (Å²) in [4.78, 5) is 31.5. The molecule has 6 atom stereocenters. The maximum atomic E-state index is 16.3. The van der Waals surface area contributed by atoms with Gasteiger partial charge < -0.3 is 10.1 Å². The van der Waals surface area contributed by atoms with Crippen LogP contribution in [0, 0.1) is 11.2 Å². The second-order valence-electron chi connectivity index (χ2n) is 13.4. The number of rotatable bonds is 4. The highest BCUT2D eigenvalue weighted by atomic mass is 35.5. The molecule has 0 aliphatic carbocycles. The fourth-order valence-electron chi connectivity index (χ4n) is 7.98. The normalized spacial score (nSPS) is 27.6. The van der Waals surface area contributed by atoms with Crippen LogP contribution in [0.3, 0.4) is 0 Å². The molecule has 5 nitrogen and oxygen atoms in total. The van der Waals surface area contributed by atoms with Crippen molar-refractivity contribution < 1.29 is 18.7 Å². The molecule has 45 heavy (non-hydrogen) atoms. The molecule has 1 N–H and O–H groups in total. The molecule has 7 rings (SSSR count). The van der Waals surface area contributed by atoms with E-state index >= 15 is 4.39 Å². The van der Waals surface area contributed by atoms with E-state index in [0.29, 0.717) is 22.7 Å². The summed E-state index contributed by atoms with van der Waals surface area (Å²) < 4.78 is 22.7. The average Bonchev–Trinajstić information content (AvgIpc) is 3.46. The molecule has 230 valence electrons. The van der Waals surface area contributed by atoms with Gasteiger partial charge >= 0.3 is 5.97 Å². The standard InChI is InChI=1S/C37H33Cl2FN2O3/c1-36(2,3)20-28-37(25-18-17-23(38)19-27(25)41-35(37)44)29(24-15-10-16-26(39)30(24)40)32-34(43)45-33(22-13-8-5-9-14-22)31(42(28)32)21-11-6-4-7-12-21/h4-19,28-29,31-33H,20H2,1-3H3,(H,41,44)/t28-,29+,31-,32-,33+,37+/m1/s1. The number of ether oxygens (including phenoxy) is 1. The summed E-state index contributed by atoms with van der Waals surface area (Å²) in [5, 5.41) is 3.47. The lowest BCUT2D eigenvalue weighted by molar-refractivity contribution is -0.176. The summed E-state index contributed by atoms with van der Waals surface area (Å²) in [6.07, 6.45) is -0.149. The lowest BCUT2D eigenvalue weighted by Gasteiger charge is -2.47. The zero-order valence-corrected chi connectivity index (χ0v) is 26.6. The molecule has 3 aliphatic heterocycles. The summed E-state index contributed by atoms with van der Waals surface area (Å²) in [6.45, 7) is 6.35. The number of nitrogens with zero attached hydrogens (tertiary/aromatic N) is 1. The molecule has 3 heterocycles. The number of hydrogen-bond donors (Lipinski definition) is 1. The van der Waals surface area contributed by atoms with E-state index in [1.807, 2.05) is 66.7 Å². The average molecular weight is 644 g/mol.